The first-order valence-electron chi connectivity index (χ1n) is 10.6. The Morgan fingerprint density at radius 3 is 2.21 bits per heavy atom. The summed E-state index contributed by atoms with van der Waals surface area (Å²) in [5.41, 5.74) is 0.984. The van der Waals surface area contributed by atoms with Crippen LogP contribution >= 0.6 is 0 Å². The number of rotatable bonds is 6. The third-order valence-electron chi connectivity index (χ3n) is 6.72. The van der Waals surface area contributed by atoms with Gasteiger partial charge in [-0.05, 0) is 94.7 Å². The zero-order chi connectivity index (χ0) is 19.9. The zero-order valence-electron chi connectivity index (χ0n) is 17.1. The van der Waals surface area contributed by atoms with E-state index in [0.29, 0.717) is 5.75 Å². The number of carbonyl (C=O) groups is 2. The second-order valence-electron chi connectivity index (χ2n) is 9.34. The number of carbonyl (C=O) groups excluding carboxylic acids is 2. The molecule has 4 saturated carbocycles. The van der Waals surface area contributed by atoms with Crippen LogP contribution in [0.4, 0.5) is 0 Å². The Bertz CT molecular complexity index is 723. The van der Waals surface area contributed by atoms with E-state index in [1.54, 1.807) is 19.9 Å². The van der Waals surface area contributed by atoms with E-state index < -0.39 is 18.2 Å². The molecule has 2 atom stereocenters. The van der Waals surface area contributed by atoms with Crippen LogP contribution in [0, 0.1) is 24.7 Å². The first-order valence-corrected chi connectivity index (χ1v) is 10.6. The second-order valence-corrected chi connectivity index (χ2v) is 9.34. The Morgan fingerprint density at radius 1 is 1.04 bits per heavy atom. The molecule has 5 rings (SSSR count). The number of hydrogen-bond donors (Lipinski definition) is 1. The van der Waals surface area contributed by atoms with E-state index in [0.717, 1.165) is 42.6 Å². The summed E-state index contributed by atoms with van der Waals surface area (Å²) in [5, 5.41) is 3.27. The molecule has 0 unspecified atom stereocenters. The van der Waals surface area contributed by atoms with E-state index in [9.17, 15) is 9.59 Å². The van der Waals surface area contributed by atoms with Gasteiger partial charge in [-0.25, -0.2) is 4.79 Å². The van der Waals surface area contributed by atoms with Crippen LogP contribution in [0.2, 0.25) is 0 Å². The minimum Gasteiger partial charge on any atom is -0.479 e. The molecular formula is C23H31NO4. The van der Waals surface area contributed by atoms with Gasteiger partial charge in [-0.15, -0.1) is 0 Å². The highest BCUT2D eigenvalue weighted by Crippen LogP contribution is 2.55. The van der Waals surface area contributed by atoms with Crippen LogP contribution < -0.4 is 10.1 Å². The topological polar surface area (TPSA) is 64.6 Å². The quantitative estimate of drug-likeness (QED) is 0.757. The fourth-order valence-corrected chi connectivity index (χ4v) is 5.89. The van der Waals surface area contributed by atoms with Crippen LogP contribution in [0.3, 0.4) is 0 Å². The lowest BCUT2D eigenvalue weighted by atomic mass is 9.53. The van der Waals surface area contributed by atoms with Gasteiger partial charge in [0.1, 0.15) is 5.75 Å². The van der Waals surface area contributed by atoms with Gasteiger partial charge in [0.15, 0.2) is 12.2 Å². The minimum absolute atomic E-state index is 0.0732. The summed E-state index contributed by atoms with van der Waals surface area (Å²) < 4.78 is 11.1. The zero-order valence-corrected chi connectivity index (χ0v) is 17.1. The predicted molar refractivity (Wildman–Crippen MR) is 106 cm³/mol. The predicted octanol–water partition coefficient (Wildman–Crippen LogP) is 3.78. The summed E-state index contributed by atoms with van der Waals surface area (Å²) in [6, 6.07) is 7.52. The Morgan fingerprint density at radius 2 is 1.64 bits per heavy atom. The van der Waals surface area contributed by atoms with Crippen molar-refractivity contribution in [2.45, 2.75) is 77.0 Å². The van der Waals surface area contributed by atoms with Gasteiger partial charge in [0.05, 0.1) is 0 Å². The number of amides is 1. The molecule has 5 heteroatoms. The van der Waals surface area contributed by atoms with E-state index in [1.807, 2.05) is 25.1 Å². The second kappa shape index (κ2) is 7.41. The lowest BCUT2D eigenvalue weighted by Crippen LogP contribution is -2.61. The number of esters is 1. The number of hydrogen-bond acceptors (Lipinski definition) is 4. The number of aryl methyl sites for hydroxylation is 1. The molecule has 28 heavy (non-hydrogen) atoms. The molecule has 4 aliphatic carbocycles. The van der Waals surface area contributed by atoms with Gasteiger partial charge in [0.25, 0.3) is 5.91 Å². The summed E-state index contributed by atoms with van der Waals surface area (Å²) in [6.07, 6.45) is 5.64. The van der Waals surface area contributed by atoms with Gasteiger partial charge >= 0.3 is 5.97 Å². The van der Waals surface area contributed by atoms with Gasteiger partial charge in [-0.3, -0.25) is 4.79 Å². The Hall–Kier alpha value is -2.04. The maximum Gasteiger partial charge on any atom is 0.347 e. The fraction of sp³-hybridized carbons (Fsp3) is 0.652. The monoisotopic (exact) mass is 385 g/mol. The SMILES string of the molecule is Cc1cccc(O[C@H](C)C(=O)O[C@@H](C)C(=O)NC23CC4CC(CC(C4)C2)C3)c1. The summed E-state index contributed by atoms with van der Waals surface area (Å²) in [6.45, 7) is 5.26. The molecule has 4 fully saturated rings. The molecule has 0 saturated heterocycles. The molecule has 4 aliphatic rings. The van der Waals surface area contributed by atoms with Gasteiger partial charge in [-0.2, -0.15) is 0 Å². The third kappa shape index (κ3) is 4.03. The summed E-state index contributed by atoms with van der Waals surface area (Å²) in [7, 11) is 0. The molecular weight excluding hydrogens is 354 g/mol. The van der Waals surface area contributed by atoms with Gasteiger partial charge in [0, 0.05) is 5.54 Å². The molecule has 1 amide bonds. The minimum atomic E-state index is -0.816. The molecule has 152 valence electrons. The molecule has 5 nitrogen and oxygen atoms in total. The van der Waals surface area contributed by atoms with Crippen LogP contribution in [0.15, 0.2) is 24.3 Å². The molecule has 0 aromatic heterocycles. The highest BCUT2D eigenvalue weighted by atomic mass is 16.6. The summed E-state index contributed by atoms with van der Waals surface area (Å²) in [5.74, 6) is 2.19. The molecule has 1 aromatic carbocycles. The highest BCUT2D eigenvalue weighted by Gasteiger charge is 2.51. The van der Waals surface area contributed by atoms with Gasteiger partial charge in [0.2, 0.25) is 0 Å². The van der Waals surface area contributed by atoms with Crippen molar-refractivity contribution in [2.75, 3.05) is 0 Å². The van der Waals surface area contributed by atoms with Crippen molar-refractivity contribution in [2.24, 2.45) is 17.8 Å². The van der Waals surface area contributed by atoms with Crippen molar-refractivity contribution in [3.63, 3.8) is 0 Å². The maximum atomic E-state index is 12.8. The van der Waals surface area contributed by atoms with Crippen molar-refractivity contribution in [1.29, 1.82) is 0 Å². The number of ether oxygens (including phenoxy) is 2. The van der Waals surface area contributed by atoms with Gasteiger partial charge < -0.3 is 14.8 Å². The first kappa shape index (κ1) is 19.3. The number of benzene rings is 1. The maximum absolute atomic E-state index is 12.8. The molecule has 0 spiro atoms. The molecule has 4 bridgehead atoms. The van der Waals surface area contributed by atoms with Crippen molar-refractivity contribution in [3.8, 4) is 5.75 Å². The number of nitrogens with one attached hydrogen (secondary N) is 1. The van der Waals surface area contributed by atoms with Crippen LogP contribution in [0.5, 0.6) is 5.75 Å². The Kier molecular flexibility index (Phi) is 5.11. The molecule has 0 heterocycles. The van der Waals surface area contributed by atoms with E-state index in [1.165, 1.54) is 19.3 Å². The Labute approximate surface area is 167 Å². The molecule has 0 radical (unpaired) electrons. The Balaban J connectivity index is 1.31. The van der Waals surface area contributed by atoms with Gasteiger partial charge in [-0.1, -0.05) is 12.1 Å². The third-order valence-corrected chi connectivity index (χ3v) is 6.72. The van der Waals surface area contributed by atoms with Crippen molar-refractivity contribution in [1.82, 2.24) is 5.32 Å². The average Bonchev–Trinajstić information content (AvgIpc) is 2.60. The van der Waals surface area contributed by atoms with E-state index in [2.05, 4.69) is 5.32 Å². The van der Waals surface area contributed by atoms with Crippen LogP contribution in [0.25, 0.3) is 0 Å². The van der Waals surface area contributed by atoms with E-state index >= 15 is 0 Å². The fourth-order valence-electron chi connectivity index (χ4n) is 5.89. The first-order chi connectivity index (χ1) is 13.3. The van der Waals surface area contributed by atoms with E-state index in [4.69, 9.17) is 9.47 Å². The van der Waals surface area contributed by atoms with Crippen LogP contribution in [-0.2, 0) is 14.3 Å². The molecule has 1 N–H and O–H groups in total. The average molecular weight is 386 g/mol. The van der Waals surface area contributed by atoms with E-state index in [-0.39, 0.29) is 11.4 Å². The lowest BCUT2D eigenvalue weighted by molar-refractivity contribution is -0.162. The largest absolute Gasteiger partial charge is 0.479 e. The summed E-state index contributed by atoms with van der Waals surface area (Å²) >= 11 is 0. The lowest BCUT2D eigenvalue weighted by Gasteiger charge is -2.57. The highest BCUT2D eigenvalue weighted by molar-refractivity contribution is 5.85. The molecule has 0 aliphatic heterocycles. The van der Waals surface area contributed by atoms with Crippen LogP contribution in [-0.4, -0.2) is 29.6 Å². The van der Waals surface area contributed by atoms with Crippen molar-refractivity contribution < 1.29 is 19.1 Å². The van der Waals surface area contributed by atoms with Crippen molar-refractivity contribution >= 4 is 11.9 Å². The normalized spacial score (nSPS) is 32.5. The summed E-state index contributed by atoms with van der Waals surface area (Å²) in [4.78, 5) is 25.1. The standard InChI is InChI=1S/C23H31NO4/c1-14-5-4-6-20(7-14)27-16(3)22(26)28-15(2)21(25)24-23-11-17-8-18(12-23)10-19(9-17)13-23/h4-7,15-19H,8-13H2,1-3H3,(H,24,25)/t15-,16+,17?,18?,19?,23?/m0/s1. The van der Waals surface area contributed by atoms with Crippen molar-refractivity contribution in [3.05, 3.63) is 29.8 Å². The van der Waals surface area contributed by atoms with Crippen LogP contribution in [0.1, 0.15) is 57.9 Å². The smallest absolute Gasteiger partial charge is 0.347 e. The molecule has 1 aromatic rings.